The highest BCUT2D eigenvalue weighted by atomic mass is 15.2. The fraction of sp³-hybridized carbons (Fsp3) is 0.538. The second-order valence-corrected chi connectivity index (χ2v) is 4.31. The van der Waals surface area contributed by atoms with Gasteiger partial charge in [0.15, 0.2) is 0 Å². The number of benzene rings is 1. The van der Waals surface area contributed by atoms with Crippen LogP contribution in [0.1, 0.15) is 32.6 Å². The van der Waals surface area contributed by atoms with Gasteiger partial charge >= 0.3 is 0 Å². The quantitative estimate of drug-likeness (QED) is 0.750. The molecule has 0 aliphatic carbocycles. The highest BCUT2D eigenvalue weighted by molar-refractivity contribution is 5.67. The van der Waals surface area contributed by atoms with E-state index in [0.29, 0.717) is 6.04 Å². The molecule has 0 radical (unpaired) electrons. The molecule has 1 aromatic rings. The lowest BCUT2D eigenvalue weighted by atomic mass is 9.99. The van der Waals surface area contributed by atoms with E-state index in [0.717, 1.165) is 12.2 Å². The van der Waals surface area contributed by atoms with Gasteiger partial charge in [-0.25, -0.2) is 0 Å². The molecule has 0 saturated carbocycles. The Hall–Kier alpha value is -1.18. The van der Waals surface area contributed by atoms with Crippen molar-refractivity contribution in [2.75, 3.05) is 17.2 Å². The van der Waals surface area contributed by atoms with Gasteiger partial charge in [-0.3, -0.25) is 0 Å². The molecule has 0 unspecified atom stereocenters. The van der Waals surface area contributed by atoms with Gasteiger partial charge in [-0.05, 0) is 37.8 Å². The normalized spacial score (nSPS) is 21.7. The molecule has 0 aromatic heterocycles. The summed E-state index contributed by atoms with van der Waals surface area (Å²) in [5, 5.41) is 0. The first kappa shape index (κ1) is 10.3. The van der Waals surface area contributed by atoms with Crippen molar-refractivity contribution in [1.29, 1.82) is 0 Å². The van der Waals surface area contributed by atoms with Gasteiger partial charge in [0, 0.05) is 12.6 Å². The first-order chi connectivity index (χ1) is 7.33. The van der Waals surface area contributed by atoms with Gasteiger partial charge in [-0.1, -0.05) is 19.1 Å². The number of nitrogen functional groups attached to an aromatic ring is 1. The fourth-order valence-corrected chi connectivity index (χ4v) is 2.49. The topological polar surface area (TPSA) is 29.3 Å². The van der Waals surface area contributed by atoms with Crippen molar-refractivity contribution in [2.24, 2.45) is 0 Å². The van der Waals surface area contributed by atoms with Gasteiger partial charge < -0.3 is 10.6 Å². The van der Waals surface area contributed by atoms with Gasteiger partial charge in [0.05, 0.1) is 11.4 Å². The molecular formula is C13H20N2. The van der Waals surface area contributed by atoms with Crippen molar-refractivity contribution in [1.82, 2.24) is 0 Å². The Kier molecular flexibility index (Phi) is 3.14. The molecular weight excluding hydrogens is 184 g/mol. The maximum Gasteiger partial charge on any atom is 0.0602 e. The van der Waals surface area contributed by atoms with E-state index in [1.54, 1.807) is 0 Å². The number of para-hydroxylation sites is 2. The van der Waals surface area contributed by atoms with Crippen LogP contribution in [0, 0.1) is 0 Å². The second-order valence-electron chi connectivity index (χ2n) is 4.31. The van der Waals surface area contributed by atoms with Crippen molar-refractivity contribution in [3.63, 3.8) is 0 Å². The molecule has 1 aliphatic heterocycles. The standard InChI is InChI=1S/C13H20N2/c1-2-11-7-5-6-10-15(11)13-9-4-3-8-12(13)14/h3-4,8-9,11H,2,5-7,10,14H2,1H3/t11-/m0/s1. The molecule has 15 heavy (non-hydrogen) atoms. The summed E-state index contributed by atoms with van der Waals surface area (Å²) in [6, 6.07) is 8.90. The van der Waals surface area contributed by atoms with E-state index >= 15 is 0 Å². The lowest BCUT2D eigenvalue weighted by molar-refractivity contribution is 0.450. The predicted molar refractivity (Wildman–Crippen MR) is 66.1 cm³/mol. The Balaban J connectivity index is 2.24. The number of hydrogen-bond acceptors (Lipinski definition) is 2. The average Bonchev–Trinajstić information content (AvgIpc) is 2.30. The molecule has 1 aromatic carbocycles. The van der Waals surface area contributed by atoms with Crippen molar-refractivity contribution >= 4 is 11.4 Å². The summed E-state index contributed by atoms with van der Waals surface area (Å²) in [4.78, 5) is 2.48. The van der Waals surface area contributed by atoms with E-state index < -0.39 is 0 Å². The van der Waals surface area contributed by atoms with Crippen LogP contribution in [-0.4, -0.2) is 12.6 Å². The van der Waals surface area contributed by atoms with Crippen molar-refractivity contribution < 1.29 is 0 Å². The van der Waals surface area contributed by atoms with E-state index in [4.69, 9.17) is 5.73 Å². The maximum absolute atomic E-state index is 6.03. The zero-order valence-corrected chi connectivity index (χ0v) is 9.45. The maximum atomic E-state index is 6.03. The third-order valence-corrected chi connectivity index (χ3v) is 3.34. The first-order valence-corrected chi connectivity index (χ1v) is 5.94. The van der Waals surface area contributed by atoms with Gasteiger partial charge in [-0.2, -0.15) is 0 Å². The van der Waals surface area contributed by atoms with E-state index in [1.807, 2.05) is 12.1 Å². The monoisotopic (exact) mass is 204 g/mol. The molecule has 1 fully saturated rings. The van der Waals surface area contributed by atoms with Crippen LogP contribution in [0.5, 0.6) is 0 Å². The summed E-state index contributed by atoms with van der Waals surface area (Å²) in [5.74, 6) is 0. The average molecular weight is 204 g/mol. The van der Waals surface area contributed by atoms with Crippen LogP contribution in [0.15, 0.2) is 24.3 Å². The van der Waals surface area contributed by atoms with Crippen LogP contribution in [0.3, 0.4) is 0 Å². The minimum absolute atomic E-state index is 0.684. The third kappa shape index (κ3) is 2.09. The molecule has 1 atom stereocenters. The first-order valence-electron chi connectivity index (χ1n) is 5.94. The Morgan fingerprint density at radius 1 is 1.33 bits per heavy atom. The van der Waals surface area contributed by atoms with Gasteiger partial charge in [0.1, 0.15) is 0 Å². The number of piperidine rings is 1. The van der Waals surface area contributed by atoms with Crippen LogP contribution >= 0.6 is 0 Å². The SMILES string of the molecule is CC[C@H]1CCCCN1c1ccccc1N. The van der Waals surface area contributed by atoms with Crippen molar-refractivity contribution in [3.05, 3.63) is 24.3 Å². The molecule has 2 N–H and O–H groups in total. The van der Waals surface area contributed by atoms with Crippen molar-refractivity contribution in [2.45, 2.75) is 38.6 Å². The molecule has 2 rings (SSSR count). The molecule has 2 nitrogen and oxygen atoms in total. The van der Waals surface area contributed by atoms with Crippen LogP contribution < -0.4 is 10.6 Å². The third-order valence-electron chi connectivity index (χ3n) is 3.34. The lowest BCUT2D eigenvalue weighted by Gasteiger charge is -2.37. The summed E-state index contributed by atoms with van der Waals surface area (Å²) in [5.41, 5.74) is 8.17. The molecule has 1 heterocycles. The Morgan fingerprint density at radius 3 is 2.87 bits per heavy atom. The molecule has 82 valence electrons. The zero-order chi connectivity index (χ0) is 10.7. The highest BCUT2D eigenvalue weighted by Gasteiger charge is 2.21. The largest absolute Gasteiger partial charge is 0.397 e. The van der Waals surface area contributed by atoms with Gasteiger partial charge in [0.25, 0.3) is 0 Å². The predicted octanol–water partition coefficient (Wildman–Crippen LogP) is 3.04. The van der Waals surface area contributed by atoms with Crippen LogP contribution in [0.4, 0.5) is 11.4 Å². The lowest BCUT2D eigenvalue weighted by Crippen LogP contribution is -2.39. The fourth-order valence-electron chi connectivity index (χ4n) is 2.49. The van der Waals surface area contributed by atoms with Gasteiger partial charge in [0.2, 0.25) is 0 Å². The molecule has 0 bridgehead atoms. The van der Waals surface area contributed by atoms with Crippen LogP contribution in [-0.2, 0) is 0 Å². The number of nitrogens with two attached hydrogens (primary N) is 1. The molecule has 0 amide bonds. The van der Waals surface area contributed by atoms with Crippen LogP contribution in [0.2, 0.25) is 0 Å². The number of nitrogens with zero attached hydrogens (tertiary/aromatic N) is 1. The Bertz CT molecular complexity index is 322. The second kappa shape index (κ2) is 4.56. The summed E-state index contributed by atoms with van der Waals surface area (Å²) in [6.07, 6.45) is 5.19. The van der Waals surface area contributed by atoms with E-state index in [2.05, 4.69) is 24.0 Å². The van der Waals surface area contributed by atoms with Gasteiger partial charge in [-0.15, -0.1) is 0 Å². The summed E-state index contributed by atoms with van der Waals surface area (Å²) in [7, 11) is 0. The van der Waals surface area contributed by atoms with E-state index in [9.17, 15) is 0 Å². The smallest absolute Gasteiger partial charge is 0.0602 e. The van der Waals surface area contributed by atoms with Crippen molar-refractivity contribution in [3.8, 4) is 0 Å². The number of hydrogen-bond donors (Lipinski definition) is 1. The van der Waals surface area contributed by atoms with E-state index in [-0.39, 0.29) is 0 Å². The van der Waals surface area contributed by atoms with E-state index in [1.165, 1.54) is 31.4 Å². The summed E-state index contributed by atoms with van der Waals surface area (Å²) < 4.78 is 0. The molecule has 0 spiro atoms. The molecule has 2 heteroatoms. The minimum atomic E-state index is 0.684. The molecule has 1 aliphatic rings. The minimum Gasteiger partial charge on any atom is -0.397 e. The summed E-state index contributed by atoms with van der Waals surface area (Å²) in [6.45, 7) is 3.43. The van der Waals surface area contributed by atoms with Crippen LogP contribution in [0.25, 0.3) is 0 Å². The molecule has 1 saturated heterocycles. The Morgan fingerprint density at radius 2 is 2.13 bits per heavy atom. The highest BCUT2D eigenvalue weighted by Crippen LogP contribution is 2.30. The number of rotatable bonds is 2. The zero-order valence-electron chi connectivity index (χ0n) is 9.45. The number of anilines is 2. The summed E-state index contributed by atoms with van der Waals surface area (Å²) >= 11 is 0. The Labute approximate surface area is 92.1 Å².